The highest BCUT2D eigenvalue weighted by Gasteiger charge is 2.09. The van der Waals surface area contributed by atoms with Crippen molar-refractivity contribution in [1.82, 2.24) is 0 Å². The number of rotatable bonds is 3. The minimum atomic E-state index is -0.126. The smallest absolute Gasteiger partial charge is 0.255 e. The van der Waals surface area contributed by atoms with E-state index in [1.54, 1.807) is 23.5 Å². The van der Waals surface area contributed by atoms with E-state index < -0.39 is 0 Å². The highest BCUT2D eigenvalue weighted by atomic mass is 32.1. The summed E-state index contributed by atoms with van der Waals surface area (Å²) in [5.41, 5.74) is 2.06. The number of carbonyl (C=O) groups is 2. The van der Waals surface area contributed by atoms with Crippen molar-refractivity contribution in [3.63, 3.8) is 0 Å². The first-order valence-corrected chi connectivity index (χ1v) is 8.34. The molecule has 0 saturated carbocycles. The van der Waals surface area contributed by atoms with Crippen molar-refractivity contribution in [2.75, 3.05) is 5.32 Å². The van der Waals surface area contributed by atoms with Crippen LogP contribution in [0.2, 0.25) is 0 Å². The fourth-order valence-electron chi connectivity index (χ4n) is 2.74. The van der Waals surface area contributed by atoms with Gasteiger partial charge in [-0.15, -0.1) is 11.3 Å². The van der Waals surface area contributed by atoms with E-state index >= 15 is 0 Å². The second-order valence-electron chi connectivity index (χ2n) is 5.51. The third-order valence-corrected chi connectivity index (χ3v) is 5.06. The van der Waals surface area contributed by atoms with Gasteiger partial charge in [-0.2, -0.15) is 0 Å². The summed E-state index contributed by atoms with van der Waals surface area (Å²) in [4.78, 5) is 23.2. The van der Waals surface area contributed by atoms with Crippen molar-refractivity contribution in [2.45, 2.75) is 0 Å². The van der Waals surface area contributed by atoms with Crippen LogP contribution in [0, 0.1) is 0 Å². The standard InChI is InChI=1S/C20H13NO2S/c22-12-13-6-9-18-17(10-13)16-8-7-15(11-19(16)24-18)21-20(23)14-4-2-1-3-5-14/h1-12H,(H,21,23). The maximum Gasteiger partial charge on any atom is 0.255 e. The van der Waals surface area contributed by atoms with Crippen LogP contribution in [-0.2, 0) is 0 Å². The van der Waals surface area contributed by atoms with Gasteiger partial charge in [0.1, 0.15) is 6.29 Å². The number of benzene rings is 3. The first kappa shape index (κ1) is 14.6. The maximum absolute atomic E-state index is 12.3. The third-order valence-electron chi connectivity index (χ3n) is 3.93. The highest BCUT2D eigenvalue weighted by Crippen LogP contribution is 2.35. The number of nitrogens with one attached hydrogen (secondary N) is 1. The second-order valence-corrected chi connectivity index (χ2v) is 6.59. The Hall–Kier alpha value is -2.98. The summed E-state index contributed by atoms with van der Waals surface area (Å²) in [6.07, 6.45) is 0.859. The summed E-state index contributed by atoms with van der Waals surface area (Å²) in [6, 6.07) is 20.7. The lowest BCUT2D eigenvalue weighted by molar-refractivity contribution is 0.102. The van der Waals surface area contributed by atoms with E-state index in [9.17, 15) is 9.59 Å². The number of aldehydes is 1. The van der Waals surface area contributed by atoms with Gasteiger partial charge in [0.2, 0.25) is 0 Å². The number of fused-ring (bicyclic) bond motifs is 3. The average Bonchev–Trinajstić information content (AvgIpc) is 2.99. The van der Waals surface area contributed by atoms with Gasteiger partial charge in [-0.05, 0) is 36.4 Å². The van der Waals surface area contributed by atoms with E-state index in [0.717, 1.165) is 32.1 Å². The molecule has 0 aliphatic heterocycles. The van der Waals surface area contributed by atoms with Crippen molar-refractivity contribution < 1.29 is 9.59 Å². The van der Waals surface area contributed by atoms with Crippen LogP contribution in [0.3, 0.4) is 0 Å². The summed E-state index contributed by atoms with van der Waals surface area (Å²) < 4.78 is 2.21. The van der Waals surface area contributed by atoms with E-state index in [-0.39, 0.29) is 5.91 Å². The summed E-state index contributed by atoms with van der Waals surface area (Å²) >= 11 is 1.65. The molecule has 0 bridgehead atoms. The molecule has 0 spiro atoms. The molecule has 116 valence electrons. The predicted octanol–water partition coefficient (Wildman–Crippen LogP) is 5.12. The summed E-state index contributed by atoms with van der Waals surface area (Å²) in [6.45, 7) is 0. The van der Waals surface area contributed by atoms with E-state index in [1.807, 2.05) is 54.6 Å². The number of hydrogen-bond donors (Lipinski definition) is 1. The molecular formula is C20H13NO2S. The van der Waals surface area contributed by atoms with Crippen molar-refractivity contribution in [1.29, 1.82) is 0 Å². The van der Waals surface area contributed by atoms with Crippen LogP contribution >= 0.6 is 11.3 Å². The molecule has 4 aromatic rings. The quantitative estimate of drug-likeness (QED) is 0.530. The summed E-state index contributed by atoms with van der Waals surface area (Å²) in [7, 11) is 0. The third kappa shape index (κ3) is 2.57. The Morgan fingerprint density at radius 2 is 1.71 bits per heavy atom. The Bertz CT molecular complexity index is 1070. The molecule has 1 N–H and O–H groups in total. The molecule has 0 radical (unpaired) electrons. The summed E-state index contributed by atoms with van der Waals surface area (Å²) in [5, 5.41) is 5.09. The average molecular weight is 331 g/mol. The Kier molecular flexibility index (Phi) is 3.59. The molecule has 4 rings (SSSR count). The number of hydrogen-bond acceptors (Lipinski definition) is 3. The maximum atomic E-state index is 12.3. The van der Waals surface area contributed by atoms with E-state index in [1.165, 1.54) is 0 Å². The molecule has 24 heavy (non-hydrogen) atoms. The lowest BCUT2D eigenvalue weighted by atomic mass is 10.1. The Labute approximate surface area is 142 Å². The van der Waals surface area contributed by atoms with Gasteiger partial charge in [0, 0.05) is 37.0 Å². The fraction of sp³-hybridized carbons (Fsp3) is 0. The number of carbonyl (C=O) groups excluding carboxylic acids is 2. The number of amides is 1. The molecule has 1 heterocycles. The highest BCUT2D eigenvalue weighted by molar-refractivity contribution is 7.25. The zero-order chi connectivity index (χ0) is 16.5. The number of thiophene rings is 1. The lowest BCUT2D eigenvalue weighted by Gasteiger charge is -2.05. The van der Waals surface area contributed by atoms with Crippen molar-refractivity contribution in [3.05, 3.63) is 77.9 Å². The molecule has 0 unspecified atom stereocenters. The zero-order valence-electron chi connectivity index (χ0n) is 12.7. The Balaban J connectivity index is 1.72. The molecule has 1 aromatic heterocycles. The normalized spacial score (nSPS) is 10.8. The molecule has 3 nitrogen and oxygen atoms in total. The van der Waals surface area contributed by atoms with E-state index in [4.69, 9.17) is 0 Å². The minimum Gasteiger partial charge on any atom is -0.322 e. The minimum absolute atomic E-state index is 0.126. The number of anilines is 1. The first-order valence-electron chi connectivity index (χ1n) is 7.52. The molecule has 0 saturated heterocycles. The van der Waals surface area contributed by atoms with Gasteiger partial charge in [0.05, 0.1) is 0 Å². The van der Waals surface area contributed by atoms with E-state index in [2.05, 4.69) is 5.32 Å². The van der Waals surface area contributed by atoms with Crippen molar-refractivity contribution >= 4 is 49.4 Å². The van der Waals surface area contributed by atoms with Crippen LogP contribution in [0.25, 0.3) is 20.2 Å². The van der Waals surface area contributed by atoms with Crippen LogP contribution in [-0.4, -0.2) is 12.2 Å². The fourth-order valence-corrected chi connectivity index (χ4v) is 3.86. The molecule has 0 fully saturated rings. The van der Waals surface area contributed by atoms with Gasteiger partial charge in [0.25, 0.3) is 5.91 Å². The predicted molar refractivity (Wildman–Crippen MR) is 99.1 cm³/mol. The topological polar surface area (TPSA) is 46.2 Å². The van der Waals surface area contributed by atoms with Gasteiger partial charge in [-0.1, -0.05) is 30.3 Å². The van der Waals surface area contributed by atoms with Crippen LogP contribution in [0.1, 0.15) is 20.7 Å². The molecule has 0 aliphatic rings. The van der Waals surface area contributed by atoms with Gasteiger partial charge in [-0.25, -0.2) is 0 Å². The van der Waals surface area contributed by atoms with Crippen LogP contribution in [0.4, 0.5) is 5.69 Å². The molecular weight excluding hydrogens is 318 g/mol. The lowest BCUT2D eigenvalue weighted by Crippen LogP contribution is -2.11. The SMILES string of the molecule is O=Cc1ccc2sc3cc(NC(=O)c4ccccc4)ccc3c2c1. The molecule has 1 amide bonds. The summed E-state index contributed by atoms with van der Waals surface area (Å²) in [5.74, 6) is -0.126. The van der Waals surface area contributed by atoms with Crippen LogP contribution in [0.5, 0.6) is 0 Å². The van der Waals surface area contributed by atoms with Crippen LogP contribution in [0.15, 0.2) is 66.7 Å². The van der Waals surface area contributed by atoms with Gasteiger partial charge in [0.15, 0.2) is 0 Å². The second kappa shape index (κ2) is 5.91. The molecule has 3 aromatic carbocycles. The first-order chi connectivity index (χ1) is 11.7. The van der Waals surface area contributed by atoms with Gasteiger partial charge >= 0.3 is 0 Å². The van der Waals surface area contributed by atoms with Gasteiger partial charge < -0.3 is 5.32 Å². The van der Waals surface area contributed by atoms with Crippen molar-refractivity contribution in [3.8, 4) is 0 Å². The zero-order valence-corrected chi connectivity index (χ0v) is 13.5. The molecule has 4 heteroatoms. The van der Waals surface area contributed by atoms with Crippen LogP contribution < -0.4 is 5.32 Å². The van der Waals surface area contributed by atoms with Gasteiger partial charge in [-0.3, -0.25) is 9.59 Å². The monoisotopic (exact) mass is 331 g/mol. The van der Waals surface area contributed by atoms with E-state index in [0.29, 0.717) is 11.1 Å². The molecule has 0 atom stereocenters. The molecule has 0 aliphatic carbocycles. The Morgan fingerprint density at radius 1 is 0.875 bits per heavy atom. The largest absolute Gasteiger partial charge is 0.322 e. The van der Waals surface area contributed by atoms with Crippen molar-refractivity contribution in [2.24, 2.45) is 0 Å². The Morgan fingerprint density at radius 3 is 2.50 bits per heavy atom.